The minimum Gasteiger partial charge on any atom is -0.444 e. The van der Waals surface area contributed by atoms with Crippen molar-refractivity contribution >= 4 is 72.2 Å². The Morgan fingerprint density at radius 2 is 1.55 bits per heavy atom. The fraction of sp³-hybridized carbons (Fsp3) is 0.481. The molecule has 3 N–H and O–H groups in total. The maximum Gasteiger partial charge on any atom is 0.501 e. The highest BCUT2D eigenvalue weighted by Crippen LogP contribution is 2.43. The van der Waals surface area contributed by atoms with Crippen LogP contribution in [-0.2, 0) is 24.6 Å². The third-order valence-electron chi connectivity index (χ3n) is 13.7. The molecule has 0 aromatic heterocycles. The van der Waals surface area contributed by atoms with E-state index in [1.165, 1.54) is 40.6 Å². The van der Waals surface area contributed by atoms with Crippen molar-refractivity contribution in [3.05, 3.63) is 119 Å². The minimum atomic E-state index is -6.14. The van der Waals surface area contributed by atoms with Crippen molar-refractivity contribution in [3.8, 4) is 0 Å². The number of alkyl halides is 3. The van der Waals surface area contributed by atoms with E-state index in [2.05, 4.69) is 46.0 Å². The number of thioether (sulfide) groups is 1. The maximum atomic E-state index is 14.4. The van der Waals surface area contributed by atoms with Gasteiger partial charge in [0.2, 0.25) is 0 Å². The van der Waals surface area contributed by atoms with Crippen molar-refractivity contribution in [2.75, 3.05) is 81.5 Å². The first kappa shape index (κ1) is 57.9. The number of anilines is 2. The van der Waals surface area contributed by atoms with Crippen molar-refractivity contribution in [2.24, 2.45) is 5.41 Å². The van der Waals surface area contributed by atoms with Gasteiger partial charge in [-0.2, -0.15) is 13.2 Å². The average molecular weight is 1120 g/mol. The Kier molecular flexibility index (Phi) is 18.7. The molecule has 2 amide bonds. The van der Waals surface area contributed by atoms with Crippen LogP contribution in [0.25, 0.3) is 5.57 Å². The van der Waals surface area contributed by atoms with E-state index in [4.69, 9.17) is 16.3 Å². The summed E-state index contributed by atoms with van der Waals surface area (Å²) >= 11 is 7.63. The Morgan fingerprint density at radius 1 is 0.880 bits per heavy atom. The smallest absolute Gasteiger partial charge is 0.444 e. The summed E-state index contributed by atoms with van der Waals surface area (Å²) in [4.78, 5) is 33.2. The molecule has 4 aromatic carbocycles. The molecule has 408 valence electrons. The zero-order chi connectivity index (χ0) is 54.3. The number of nitrogens with one attached hydrogen (secondary N) is 2. The van der Waals surface area contributed by atoms with Crippen LogP contribution in [0.4, 0.5) is 29.3 Å². The van der Waals surface area contributed by atoms with Gasteiger partial charge in [0.1, 0.15) is 10.5 Å². The summed E-state index contributed by atoms with van der Waals surface area (Å²) in [7, 11) is -11.1. The number of allylic oxidation sites excluding steroid dienone is 1. The maximum absolute atomic E-state index is 14.4. The number of halogens is 4. The van der Waals surface area contributed by atoms with Gasteiger partial charge in [-0.15, -0.1) is 11.8 Å². The van der Waals surface area contributed by atoms with Crippen LogP contribution >= 0.6 is 23.4 Å². The number of hydrogen-bond acceptors (Lipinski definition) is 13. The van der Waals surface area contributed by atoms with Gasteiger partial charge in [0.25, 0.3) is 25.8 Å². The number of sulfone groups is 1. The van der Waals surface area contributed by atoms with Gasteiger partial charge in [0, 0.05) is 105 Å². The van der Waals surface area contributed by atoms with Crippen molar-refractivity contribution < 1.29 is 49.4 Å². The second kappa shape index (κ2) is 24.2. The lowest BCUT2D eigenvalue weighted by Crippen LogP contribution is -2.54. The molecular formula is C54H68ClF3N6O8S3. The average Bonchev–Trinajstić information content (AvgIpc) is 3.35. The predicted molar refractivity (Wildman–Crippen MR) is 289 cm³/mol. The van der Waals surface area contributed by atoms with E-state index in [1.807, 2.05) is 47.2 Å². The summed E-state index contributed by atoms with van der Waals surface area (Å²) in [5.41, 5.74) is -2.16. The Morgan fingerprint density at radius 3 is 2.19 bits per heavy atom. The van der Waals surface area contributed by atoms with Gasteiger partial charge < -0.3 is 25.0 Å². The molecule has 2 aliphatic heterocycles. The van der Waals surface area contributed by atoms with E-state index in [9.17, 15) is 44.7 Å². The third-order valence-corrected chi connectivity index (χ3v) is 18.0. The lowest BCUT2D eigenvalue weighted by atomic mass is 9.72. The molecule has 2 fully saturated rings. The van der Waals surface area contributed by atoms with Gasteiger partial charge in [-0.1, -0.05) is 61.4 Å². The summed E-state index contributed by atoms with van der Waals surface area (Å²) < 4.78 is 105. The van der Waals surface area contributed by atoms with E-state index in [-0.39, 0.29) is 23.6 Å². The number of piperazine rings is 2. The van der Waals surface area contributed by atoms with Gasteiger partial charge in [0.15, 0.2) is 0 Å². The van der Waals surface area contributed by atoms with Gasteiger partial charge in [0.05, 0.1) is 10.6 Å². The molecule has 2 heterocycles. The minimum absolute atomic E-state index is 0.0479. The highest BCUT2D eigenvalue weighted by atomic mass is 35.5. The molecule has 0 radical (unpaired) electrons. The van der Waals surface area contributed by atoms with Crippen LogP contribution in [-0.4, -0.2) is 143 Å². The van der Waals surface area contributed by atoms with Crippen LogP contribution in [0.15, 0.2) is 117 Å². The van der Waals surface area contributed by atoms with E-state index in [0.29, 0.717) is 75.5 Å². The highest BCUT2D eigenvalue weighted by Gasteiger charge is 2.48. The van der Waals surface area contributed by atoms with Gasteiger partial charge in [-0.3, -0.25) is 14.6 Å². The number of rotatable bonds is 18. The SMILES string of the molecule is CC1(C)CCC(c2ccc(Cl)cc2)=C(CN2CCN(c3ccc(C(=O)NS(=O)(=O)c4ccc(N[C@H](CCN5CCN(C(=O)OC(C)(C)C)CC5)CSc5ccccc5)c(S(=O)(=O)C(F)(F)F)c4)cc3)[C@@H](CCO)C2)C1. The first-order chi connectivity index (χ1) is 35.3. The number of amides is 2. The van der Waals surface area contributed by atoms with Crippen molar-refractivity contribution in [3.63, 3.8) is 0 Å². The van der Waals surface area contributed by atoms with Crippen LogP contribution in [0.3, 0.4) is 0 Å². The number of carbonyl (C=O) groups is 2. The number of nitrogens with zero attached hydrogens (tertiary/aromatic N) is 4. The molecule has 0 spiro atoms. The van der Waals surface area contributed by atoms with Crippen LogP contribution < -0.4 is 14.9 Å². The molecule has 7 rings (SSSR count). The van der Waals surface area contributed by atoms with E-state index >= 15 is 0 Å². The first-order valence-corrected chi connectivity index (χ1v) is 29.5. The van der Waals surface area contributed by atoms with Crippen LogP contribution in [0, 0.1) is 5.41 Å². The Hall–Kier alpha value is -4.83. The van der Waals surface area contributed by atoms with Crippen LogP contribution in [0.5, 0.6) is 0 Å². The summed E-state index contributed by atoms with van der Waals surface area (Å²) in [6, 6.07) is 25.1. The molecule has 0 saturated carbocycles. The number of benzene rings is 4. The highest BCUT2D eigenvalue weighted by molar-refractivity contribution is 7.99. The zero-order valence-corrected chi connectivity index (χ0v) is 46.2. The molecule has 2 atom stereocenters. The lowest BCUT2D eigenvalue weighted by molar-refractivity contribution is -0.0436. The van der Waals surface area contributed by atoms with E-state index < -0.39 is 64.5 Å². The molecule has 0 bridgehead atoms. The molecule has 2 saturated heterocycles. The zero-order valence-electron chi connectivity index (χ0n) is 43.0. The Balaban J connectivity index is 1.04. The Labute approximate surface area is 449 Å². The molecule has 4 aromatic rings. The summed E-state index contributed by atoms with van der Waals surface area (Å²) in [6.45, 7) is 14.9. The van der Waals surface area contributed by atoms with E-state index in [1.54, 1.807) is 37.8 Å². The number of hydrogen-bond donors (Lipinski definition) is 3. The standard InChI is InChI=1S/C54H68ClF3N6O8S3/c1-52(2,3)72-51(67)63-29-26-61(27-30-63)25-22-42(37-73-45-9-7-6-8-10-45)59-48-20-19-46(33-49(48)74(68,69)54(56,57)58)75(70,71)60-50(66)39-13-17-43(18-14-39)64-31-28-62(36-44(64)23-32-65)35-40-34-53(4,5)24-21-47(40)38-11-15-41(55)16-12-38/h6-20,33,42,44,59,65H,21-32,34-37H2,1-5H3,(H,60,66)/t42-,44+/m1/s1. The summed E-state index contributed by atoms with van der Waals surface area (Å²) in [6.07, 6.45) is 3.40. The molecule has 3 aliphatic rings. The van der Waals surface area contributed by atoms with Gasteiger partial charge >= 0.3 is 11.6 Å². The third kappa shape index (κ3) is 15.4. The van der Waals surface area contributed by atoms with E-state index in [0.717, 1.165) is 55.1 Å². The molecule has 1 aliphatic carbocycles. The van der Waals surface area contributed by atoms with Crippen LogP contribution in [0.1, 0.15) is 82.6 Å². The fourth-order valence-electron chi connectivity index (χ4n) is 9.76. The molecular weight excluding hydrogens is 1050 g/mol. The second-order valence-electron chi connectivity index (χ2n) is 21.2. The Bertz CT molecular complexity index is 2880. The summed E-state index contributed by atoms with van der Waals surface area (Å²) in [5, 5.41) is 13.8. The first-order valence-electron chi connectivity index (χ1n) is 25.1. The van der Waals surface area contributed by atoms with Crippen molar-refractivity contribution in [1.82, 2.24) is 19.4 Å². The second-order valence-corrected chi connectivity index (χ2v) is 26.3. The molecule has 21 heteroatoms. The summed E-state index contributed by atoms with van der Waals surface area (Å²) in [5.74, 6) is -0.782. The van der Waals surface area contributed by atoms with Crippen molar-refractivity contribution in [1.29, 1.82) is 0 Å². The normalized spacial score (nSPS) is 18.7. The van der Waals surface area contributed by atoms with Crippen LogP contribution in [0.2, 0.25) is 5.02 Å². The number of carbonyl (C=O) groups excluding carboxylic acids is 2. The predicted octanol–water partition coefficient (Wildman–Crippen LogP) is 9.80. The largest absolute Gasteiger partial charge is 0.501 e. The topological polar surface area (TPSA) is 169 Å². The lowest BCUT2D eigenvalue weighted by Gasteiger charge is -2.44. The number of ether oxygens (including phenoxy) is 1. The molecule has 75 heavy (non-hydrogen) atoms. The quantitative estimate of drug-likeness (QED) is 0.0806. The molecule has 14 nitrogen and oxygen atoms in total. The van der Waals surface area contributed by atoms with Gasteiger partial charge in [-0.05, 0) is 136 Å². The monoisotopic (exact) mass is 1120 g/mol. The van der Waals surface area contributed by atoms with Crippen molar-refractivity contribution in [2.45, 2.75) is 105 Å². The fourth-order valence-corrected chi connectivity index (χ4v) is 12.9. The van der Waals surface area contributed by atoms with Gasteiger partial charge in [-0.25, -0.2) is 26.4 Å². The number of aliphatic hydroxyl groups excluding tert-OH is 1. The number of sulfonamides is 1. The molecule has 0 unspecified atom stereocenters. The number of aliphatic hydroxyl groups is 1.